The molecule has 5 heteroatoms. The van der Waals surface area contributed by atoms with E-state index in [4.69, 9.17) is 0 Å². The van der Waals surface area contributed by atoms with Gasteiger partial charge in [-0.15, -0.1) is 0 Å². The van der Waals surface area contributed by atoms with Crippen molar-refractivity contribution in [2.45, 2.75) is 45.6 Å². The Labute approximate surface area is 133 Å². The third-order valence-corrected chi connectivity index (χ3v) is 4.24. The number of allylic oxidation sites excluding steroid dienone is 2. The average Bonchev–Trinajstić information content (AvgIpc) is 2.80. The number of urea groups is 1. The van der Waals surface area contributed by atoms with Crippen LogP contribution < -0.4 is 5.32 Å². The van der Waals surface area contributed by atoms with Gasteiger partial charge in [-0.05, 0) is 44.3 Å². The largest absolute Gasteiger partial charge is 0.326 e. The summed E-state index contributed by atoms with van der Waals surface area (Å²) >= 11 is 0. The highest BCUT2D eigenvalue weighted by atomic mass is 16.2. The smallest absolute Gasteiger partial charge is 0.325 e. The Morgan fingerprint density at radius 1 is 1.27 bits per heavy atom. The van der Waals surface area contributed by atoms with E-state index in [2.05, 4.69) is 36.2 Å². The van der Waals surface area contributed by atoms with E-state index in [9.17, 15) is 9.59 Å². The van der Waals surface area contributed by atoms with Crippen LogP contribution in [0.4, 0.5) is 4.79 Å². The first-order valence-electron chi connectivity index (χ1n) is 8.35. The molecule has 0 saturated carbocycles. The zero-order valence-electron chi connectivity index (χ0n) is 13.7. The van der Waals surface area contributed by atoms with Crippen LogP contribution in [0.3, 0.4) is 0 Å². The predicted octanol–water partition coefficient (Wildman–Crippen LogP) is 2.31. The SMILES string of the molecule is CCCN(CC)CCC1NC(=O)N(CC2=CCCC=C2)C1=O. The number of rotatable bonds is 8. The third-order valence-electron chi connectivity index (χ3n) is 4.24. The molecular formula is C17H27N3O2. The maximum Gasteiger partial charge on any atom is 0.325 e. The lowest BCUT2D eigenvalue weighted by molar-refractivity contribution is -0.127. The summed E-state index contributed by atoms with van der Waals surface area (Å²) in [7, 11) is 0. The molecule has 1 aliphatic heterocycles. The summed E-state index contributed by atoms with van der Waals surface area (Å²) in [4.78, 5) is 28.1. The highest BCUT2D eigenvalue weighted by Gasteiger charge is 2.37. The summed E-state index contributed by atoms with van der Waals surface area (Å²) < 4.78 is 0. The van der Waals surface area contributed by atoms with Gasteiger partial charge in [-0.2, -0.15) is 0 Å². The Hall–Kier alpha value is -1.62. The second-order valence-corrected chi connectivity index (χ2v) is 5.91. The minimum Gasteiger partial charge on any atom is -0.326 e. The van der Waals surface area contributed by atoms with Crippen molar-refractivity contribution in [1.29, 1.82) is 0 Å². The summed E-state index contributed by atoms with van der Waals surface area (Å²) in [6.45, 7) is 7.52. The summed E-state index contributed by atoms with van der Waals surface area (Å²) in [5, 5.41) is 2.82. The zero-order chi connectivity index (χ0) is 15.9. The van der Waals surface area contributed by atoms with Crippen LogP contribution in [0.2, 0.25) is 0 Å². The number of hydrogen-bond donors (Lipinski definition) is 1. The van der Waals surface area contributed by atoms with Gasteiger partial charge in [-0.1, -0.05) is 32.1 Å². The predicted molar refractivity (Wildman–Crippen MR) is 87.5 cm³/mol. The first kappa shape index (κ1) is 16.7. The number of nitrogens with one attached hydrogen (secondary N) is 1. The van der Waals surface area contributed by atoms with Gasteiger partial charge in [0.15, 0.2) is 0 Å². The lowest BCUT2D eigenvalue weighted by atomic mass is 10.1. The molecule has 22 heavy (non-hydrogen) atoms. The van der Waals surface area contributed by atoms with Crippen LogP contribution in [-0.4, -0.2) is 54.0 Å². The molecule has 0 aromatic carbocycles. The number of carbonyl (C=O) groups is 2. The van der Waals surface area contributed by atoms with Gasteiger partial charge in [0.25, 0.3) is 5.91 Å². The van der Waals surface area contributed by atoms with Gasteiger partial charge < -0.3 is 10.2 Å². The lowest BCUT2D eigenvalue weighted by Gasteiger charge is -2.20. The number of amides is 3. The van der Waals surface area contributed by atoms with Gasteiger partial charge in [-0.25, -0.2) is 4.79 Å². The molecule has 1 saturated heterocycles. The lowest BCUT2D eigenvalue weighted by Crippen LogP contribution is -2.35. The second kappa shape index (κ2) is 8.13. The molecule has 1 heterocycles. The summed E-state index contributed by atoms with van der Waals surface area (Å²) in [5.74, 6) is -0.0857. The Morgan fingerprint density at radius 2 is 2.09 bits per heavy atom. The number of nitrogens with zero attached hydrogens (tertiary/aromatic N) is 2. The van der Waals surface area contributed by atoms with E-state index < -0.39 is 0 Å². The second-order valence-electron chi connectivity index (χ2n) is 5.91. The number of imide groups is 1. The van der Waals surface area contributed by atoms with Crippen molar-refractivity contribution in [2.24, 2.45) is 0 Å². The van der Waals surface area contributed by atoms with E-state index in [1.165, 1.54) is 4.90 Å². The van der Waals surface area contributed by atoms with Gasteiger partial charge in [0.1, 0.15) is 6.04 Å². The highest BCUT2D eigenvalue weighted by Crippen LogP contribution is 2.16. The van der Waals surface area contributed by atoms with E-state index >= 15 is 0 Å². The monoisotopic (exact) mass is 305 g/mol. The summed E-state index contributed by atoms with van der Waals surface area (Å²) in [6, 6.07) is -0.625. The van der Waals surface area contributed by atoms with Crippen molar-refractivity contribution in [2.75, 3.05) is 26.2 Å². The van der Waals surface area contributed by atoms with Crippen LogP contribution in [0.15, 0.2) is 23.8 Å². The zero-order valence-corrected chi connectivity index (χ0v) is 13.7. The highest BCUT2D eigenvalue weighted by molar-refractivity contribution is 6.04. The Bertz CT molecular complexity index is 471. The van der Waals surface area contributed by atoms with Crippen LogP contribution in [0.1, 0.15) is 39.5 Å². The van der Waals surface area contributed by atoms with Crippen molar-refractivity contribution in [3.05, 3.63) is 23.8 Å². The topological polar surface area (TPSA) is 52.7 Å². The first-order chi connectivity index (χ1) is 10.7. The Kier molecular flexibility index (Phi) is 6.19. The van der Waals surface area contributed by atoms with Crippen molar-refractivity contribution in [3.63, 3.8) is 0 Å². The van der Waals surface area contributed by atoms with E-state index in [0.29, 0.717) is 13.0 Å². The Morgan fingerprint density at radius 3 is 2.73 bits per heavy atom. The number of carbonyl (C=O) groups excluding carboxylic acids is 2. The van der Waals surface area contributed by atoms with Crippen molar-refractivity contribution >= 4 is 11.9 Å². The summed E-state index contributed by atoms with van der Waals surface area (Å²) in [6.07, 6.45) is 10.0. The molecule has 0 aromatic heterocycles. The van der Waals surface area contributed by atoms with E-state index in [-0.39, 0.29) is 18.0 Å². The van der Waals surface area contributed by atoms with Crippen LogP contribution >= 0.6 is 0 Å². The molecule has 1 aliphatic carbocycles. The van der Waals surface area contributed by atoms with Crippen LogP contribution in [0, 0.1) is 0 Å². The van der Waals surface area contributed by atoms with Crippen LogP contribution in [-0.2, 0) is 4.79 Å². The van der Waals surface area contributed by atoms with Crippen molar-refractivity contribution < 1.29 is 9.59 Å². The van der Waals surface area contributed by atoms with Gasteiger partial charge in [0.05, 0.1) is 6.54 Å². The van der Waals surface area contributed by atoms with E-state index in [1.807, 2.05) is 6.08 Å². The third kappa shape index (κ3) is 4.19. The molecule has 3 amide bonds. The molecule has 5 nitrogen and oxygen atoms in total. The molecule has 0 aromatic rings. The van der Waals surface area contributed by atoms with E-state index in [1.54, 1.807) is 0 Å². The van der Waals surface area contributed by atoms with Crippen LogP contribution in [0.25, 0.3) is 0 Å². The molecular weight excluding hydrogens is 278 g/mol. The van der Waals surface area contributed by atoms with Gasteiger partial charge in [-0.3, -0.25) is 9.69 Å². The molecule has 122 valence electrons. The quantitative estimate of drug-likeness (QED) is 0.700. The van der Waals surface area contributed by atoms with Crippen molar-refractivity contribution in [3.8, 4) is 0 Å². The van der Waals surface area contributed by atoms with Gasteiger partial charge >= 0.3 is 6.03 Å². The molecule has 1 unspecified atom stereocenters. The normalized spacial score (nSPS) is 21.5. The van der Waals surface area contributed by atoms with Gasteiger partial charge in [0, 0.05) is 6.54 Å². The maximum atomic E-state index is 12.4. The molecule has 1 atom stereocenters. The fraction of sp³-hybridized carbons (Fsp3) is 0.647. The van der Waals surface area contributed by atoms with E-state index in [0.717, 1.165) is 44.5 Å². The average molecular weight is 305 g/mol. The van der Waals surface area contributed by atoms with Gasteiger partial charge in [0.2, 0.25) is 0 Å². The van der Waals surface area contributed by atoms with Crippen molar-refractivity contribution in [1.82, 2.24) is 15.1 Å². The maximum absolute atomic E-state index is 12.4. The molecule has 0 bridgehead atoms. The number of hydrogen-bond acceptors (Lipinski definition) is 3. The van der Waals surface area contributed by atoms with Crippen LogP contribution in [0.5, 0.6) is 0 Å². The Balaban J connectivity index is 1.88. The standard InChI is InChI=1S/C17H27N3O2/c1-3-11-19(4-2)12-10-15-16(21)20(17(22)18-15)13-14-8-6-5-7-9-14/h6,8-9,15H,3-5,7,10-13H2,1-2H3,(H,18,22). The first-order valence-corrected chi connectivity index (χ1v) is 8.35. The fourth-order valence-corrected chi connectivity index (χ4v) is 2.95. The molecule has 2 rings (SSSR count). The fourth-order valence-electron chi connectivity index (χ4n) is 2.95. The molecule has 1 N–H and O–H groups in total. The minimum absolute atomic E-state index is 0.0857. The molecule has 1 fully saturated rings. The minimum atomic E-state index is -0.369. The molecule has 0 radical (unpaired) electrons. The molecule has 2 aliphatic rings. The molecule has 0 spiro atoms. The summed E-state index contributed by atoms with van der Waals surface area (Å²) in [5.41, 5.74) is 1.05.